The van der Waals surface area contributed by atoms with Gasteiger partial charge in [-0.15, -0.1) is 0 Å². The topological polar surface area (TPSA) is 33.4 Å². The third-order valence-electron chi connectivity index (χ3n) is 2.91. The van der Waals surface area contributed by atoms with Crippen molar-refractivity contribution < 1.29 is 9.52 Å². The van der Waals surface area contributed by atoms with Gasteiger partial charge in [-0.2, -0.15) is 0 Å². The number of halogens is 2. The average Bonchev–Trinajstić information content (AvgIpc) is 2.97. The highest BCUT2D eigenvalue weighted by atomic mass is 79.9. The predicted octanol–water partition coefficient (Wildman–Crippen LogP) is 4.29. The molecule has 1 aliphatic carbocycles. The zero-order chi connectivity index (χ0) is 11.3. The summed E-state index contributed by atoms with van der Waals surface area (Å²) in [5.41, 5.74) is 0.749. The fourth-order valence-corrected chi connectivity index (χ4v) is 2.80. The Morgan fingerprint density at radius 3 is 2.81 bits per heavy atom. The van der Waals surface area contributed by atoms with Gasteiger partial charge in [-0.3, -0.25) is 0 Å². The summed E-state index contributed by atoms with van der Waals surface area (Å²) in [4.78, 5) is 0. The highest BCUT2D eigenvalue weighted by molar-refractivity contribution is 9.10. The number of hydrogen-bond acceptors (Lipinski definition) is 2. The number of hydrogen-bond donors (Lipinski definition) is 1. The summed E-state index contributed by atoms with van der Waals surface area (Å²) in [6, 6.07) is 5.50. The Morgan fingerprint density at radius 2 is 2.12 bits per heavy atom. The molecule has 1 fully saturated rings. The quantitative estimate of drug-likeness (QED) is 0.897. The number of fused-ring (bicyclic) bond motifs is 1. The molecule has 1 aromatic heterocycles. The van der Waals surface area contributed by atoms with E-state index in [4.69, 9.17) is 16.0 Å². The predicted molar refractivity (Wildman–Crippen MR) is 66.6 cm³/mol. The Hall–Kier alpha value is -0.510. The van der Waals surface area contributed by atoms with E-state index in [1.807, 2.05) is 12.1 Å². The normalized spacial score (nSPS) is 17.9. The van der Waals surface area contributed by atoms with Crippen molar-refractivity contribution in [1.82, 2.24) is 0 Å². The van der Waals surface area contributed by atoms with Gasteiger partial charge in [-0.05, 0) is 52.9 Å². The summed E-state index contributed by atoms with van der Waals surface area (Å²) < 4.78 is 6.48. The zero-order valence-corrected chi connectivity index (χ0v) is 10.8. The summed E-state index contributed by atoms with van der Waals surface area (Å²) in [6.07, 6.45) is 1.69. The van der Waals surface area contributed by atoms with Crippen LogP contribution >= 0.6 is 27.5 Å². The highest BCUT2D eigenvalue weighted by Crippen LogP contribution is 2.43. The molecule has 1 aliphatic rings. The molecule has 0 aliphatic heterocycles. The average molecular weight is 302 g/mol. The molecule has 1 unspecified atom stereocenters. The minimum absolute atomic E-state index is 0.370. The first-order valence-corrected chi connectivity index (χ1v) is 6.39. The van der Waals surface area contributed by atoms with E-state index in [9.17, 15) is 5.11 Å². The number of rotatable bonds is 2. The fourth-order valence-electron chi connectivity index (χ4n) is 1.89. The van der Waals surface area contributed by atoms with Crippen LogP contribution in [0, 0.1) is 5.92 Å². The number of benzene rings is 1. The van der Waals surface area contributed by atoms with Crippen LogP contribution in [0.2, 0.25) is 5.02 Å². The zero-order valence-electron chi connectivity index (χ0n) is 8.41. The van der Waals surface area contributed by atoms with Crippen LogP contribution in [-0.2, 0) is 0 Å². The van der Waals surface area contributed by atoms with Crippen molar-refractivity contribution in [3.8, 4) is 0 Å². The molecule has 16 heavy (non-hydrogen) atoms. The monoisotopic (exact) mass is 300 g/mol. The van der Waals surface area contributed by atoms with Crippen LogP contribution in [0.15, 0.2) is 27.1 Å². The molecule has 1 aromatic carbocycles. The SMILES string of the molecule is OC(c1cc2cc(Cl)cc(Br)c2o1)C1CC1. The maximum atomic E-state index is 9.98. The van der Waals surface area contributed by atoms with Gasteiger partial charge in [0.2, 0.25) is 0 Å². The van der Waals surface area contributed by atoms with Crippen molar-refractivity contribution in [2.24, 2.45) is 5.92 Å². The van der Waals surface area contributed by atoms with E-state index in [-0.39, 0.29) is 0 Å². The van der Waals surface area contributed by atoms with E-state index in [0.717, 1.165) is 28.3 Å². The van der Waals surface area contributed by atoms with E-state index < -0.39 is 6.10 Å². The second-order valence-electron chi connectivity index (χ2n) is 4.24. The molecule has 2 aromatic rings. The second kappa shape index (κ2) is 3.76. The summed E-state index contributed by atoms with van der Waals surface area (Å²) >= 11 is 9.36. The van der Waals surface area contributed by atoms with Crippen LogP contribution in [0.25, 0.3) is 11.0 Å². The molecule has 4 heteroatoms. The Labute approximate surface area is 106 Å². The van der Waals surface area contributed by atoms with Crippen molar-refractivity contribution in [3.63, 3.8) is 0 Å². The molecule has 0 saturated heterocycles. The van der Waals surface area contributed by atoms with E-state index in [0.29, 0.717) is 16.7 Å². The van der Waals surface area contributed by atoms with Gasteiger partial charge in [-0.25, -0.2) is 0 Å². The molecule has 3 rings (SSSR count). The molecule has 0 radical (unpaired) electrons. The van der Waals surface area contributed by atoms with Gasteiger partial charge in [0, 0.05) is 10.4 Å². The molecule has 0 spiro atoms. The van der Waals surface area contributed by atoms with Crippen LogP contribution in [0.4, 0.5) is 0 Å². The van der Waals surface area contributed by atoms with Crippen molar-refractivity contribution >= 4 is 38.5 Å². The van der Waals surface area contributed by atoms with Crippen LogP contribution in [0.3, 0.4) is 0 Å². The molecule has 84 valence electrons. The highest BCUT2D eigenvalue weighted by Gasteiger charge is 2.33. The minimum atomic E-state index is -0.474. The minimum Gasteiger partial charge on any atom is -0.457 e. The van der Waals surface area contributed by atoms with Crippen LogP contribution in [-0.4, -0.2) is 5.11 Å². The lowest BCUT2D eigenvalue weighted by atomic mass is 10.1. The molecule has 1 heterocycles. The van der Waals surface area contributed by atoms with Gasteiger partial charge < -0.3 is 9.52 Å². The van der Waals surface area contributed by atoms with Crippen molar-refractivity contribution in [1.29, 1.82) is 0 Å². The van der Waals surface area contributed by atoms with Gasteiger partial charge >= 0.3 is 0 Å². The third kappa shape index (κ3) is 1.77. The lowest BCUT2D eigenvalue weighted by molar-refractivity contribution is 0.129. The standard InChI is InChI=1S/C12H10BrClO2/c13-9-5-8(14)3-7-4-10(16-12(7)9)11(15)6-1-2-6/h3-6,11,15H,1-2H2. The van der Waals surface area contributed by atoms with E-state index in [2.05, 4.69) is 15.9 Å². The van der Waals surface area contributed by atoms with Crippen LogP contribution < -0.4 is 0 Å². The Balaban J connectivity index is 2.11. The van der Waals surface area contributed by atoms with E-state index >= 15 is 0 Å². The van der Waals surface area contributed by atoms with Crippen LogP contribution in [0.5, 0.6) is 0 Å². The van der Waals surface area contributed by atoms with Gasteiger partial charge in [0.05, 0.1) is 4.47 Å². The first-order chi connectivity index (χ1) is 7.65. The molecule has 1 atom stereocenters. The Bertz CT molecular complexity index is 545. The lowest BCUT2D eigenvalue weighted by Crippen LogP contribution is -1.96. The van der Waals surface area contributed by atoms with Crippen molar-refractivity contribution in [3.05, 3.63) is 33.5 Å². The number of aliphatic hydroxyl groups excluding tert-OH is 1. The molecular formula is C12H10BrClO2. The maximum absolute atomic E-state index is 9.98. The Kier molecular flexibility index (Phi) is 2.50. The molecule has 1 saturated carbocycles. The Morgan fingerprint density at radius 1 is 1.38 bits per heavy atom. The first-order valence-electron chi connectivity index (χ1n) is 5.21. The van der Waals surface area contributed by atoms with E-state index in [1.165, 1.54) is 0 Å². The summed E-state index contributed by atoms with van der Waals surface area (Å²) in [5.74, 6) is 1.01. The molecule has 0 amide bonds. The number of aliphatic hydroxyl groups is 1. The lowest BCUT2D eigenvalue weighted by Gasteiger charge is -2.03. The van der Waals surface area contributed by atoms with Crippen molar-refractivity contribution in [2.75, 3.05) is 0 Å². The fraction of sp³-hybridized carbons (Fsp3) is 0.333. The second-order valence-corrected chi connectivity index (χ2v) is 5.53. The van der Waals surface area contributed by atoms with Gasteiger partial charge in [0.15, 0.2) is 0 Å². The van der Waals surface area contributed by atoms with Gasteiger partial charge in [0.1, 0.15) is 17.4 Å². The maximum Gasteiger partial charge on any atom is 0.148 e. The van der Waals surface area contributed by atoms with Gasteiger partial charge in [-0.1, -0.05) is 11.6 Å². The smallest absolute Gasteiger partial charge is 0.148 e. The molecule has 1 N–H and O–H groups in total. The third-order valence-corrected chi connectivity index (χ3v) is 3.72. The largest absolute Gasteiger partial charge is 0.457 e. The van der Waals surface area contributed by atoms with E-state index in [1.54, 1.807) is 6.07 Å². The summed E-state index contributed by atoms with van der Waals surface area (Å²) in [5, 5.41) is 11.6. The van der Waals surface area contributed by atoms with Crippen molar-refractivity contribution in [2.45, 2.75) is 18.9 Å². The first kappa shape index (κ1) is 10.6. The molecule has 2 nitrogen and oxygen atoms in total. The summed E-state index contributed by atoms with van der Waals surface area (Å²) in [7, 11) is 0. The number of furan rings is 1. The molecule has 0 bridgehead atoms. The van der Waals surface area contributed by atoms with Crippen LogP contribution in [0.1, 0.15) is 24.7 Å². The summed E-state index contributed by atoms with van der Waals surface area (Å²) in [6.45, 7) is 0. The van der Waals surface area contributed by atoms with Gasteiger partial charge in [0.25, 0.3) is 0 Å². The molecular weight excluding hydrogens is 291 g/mol.